The molecular weight excluding hydrogens is 414 g/mol. The fraction of sp³-hybridized carbons (Fsp3) is 0.111. The Balaban J connectivity index is 1.61. The van der Waals surface area contributed by atoms with Crippen molar-refractivity contribution in [2.75, 3.05) is 0 Å². The second-order valence-electron chi connectivity index (χ2n) is 7.46. The van der Waals surface area contributed by atoms with E-state index in [1.165, 1.54) is 0 Å². The minimum atomic E-state index is -0.967. The van der Waals surface area contributed by atoms with Gasteiger partial charge in [-0.1, -0.05) is 72.8 Å². The van der Waals surface area contributed by atoms with Crippen LogP contribution < -0.4 is 0 Å². The summed E-state index contributed by atoms with van der Waals surface area (Å²) in [5, 5.41) is 13.9. The van der Waals surface area contributed by atoms with Crippen molar-refractivity contribution in [1.29, 1.82) is 0 Å². The Bertz CT molecular complexity index is 1330. The first-order valence-corrected chi connectivity index (χ1v) is 10.5. The predicted molar refractivity (Wildman–Crippen MR) is 125 cm³/mol. The van der Waals surface area contributed by atoms with E-state index < -0.39 is 5.97 Å². The number of carbonyl (C=O) groups excluding carboxylic acids is 1. The molecule has 0 unspecified atom stereocenters. The van der Waals surface area contributed by atoms with E-state index in [0.29, 0.717) is 36.3 Å². The highest BCUT2D eigenvalue weighted by atomic mass is 16.4. The summed E-state index contributed by atoms with van der Waals surface area (Å²) in [4.78, 5) is 28.8. The van der Waals surface area contributed by atoms with Crippen LogP contribution in [0.25, 0.3) is 11.1 Å². The third kappa shape index (κ3) is 4.89. The number of rotatable bonds is 8. The van der Waals surface area contributed by atoms with E-state index >= 15 is 0 Å². The number of carbonyl (C=O) groups is 2. The van der Waals surface area contributed by atoms with Gasteiger partial charge in [0.15, 0.2) is 0 Å². The fourth-order valence-electron chi connectivity index (χ4n) is 3.57. The molecule has 0 aliphatic heterocycles. The van der Waals surface area contributed by atoms with Crippen LogP contribution in [0, 0.1) is 12.3 Å². The maximum Gasteiger partial charge on any atom is 0.336 e. The van der Waals surface area contributed by atoms with Gasteiger partial charge in [-0.3, -0.25) is 4.79 Å². The first-order chi connectivity index (χ1) is 16.1. The number of carboxylic acid groups (broad SMARTS) is 1. The Morgan fingerprint density at radius 2 is 1.64 bits per heavy atom. The summed E-state index contributed by atoms with van der Waals surface area (Å²) in [5.41, 5.74) is 3.18. The van der Waals surface area contributed by atoms with E-state index in [9.17, 15) is 14.7 Å². The molecule has 1 aromatic heterocycles. The predicted octanol–water partition coefficient (Wildman–Crippen LogP) is 4.49. The molecule has 6 nitrogen and oxygen atoms in total. The molecule has 1 heterocycles. The number of ketones is 1. The highest BCUT2D eigenvalue weighted by Gasteiger charge is 2.18. The number of aromatic nitrogens is 3. The van der Waals surface area contributed by atoms with Crippen LogP contribution in [0.5, 0.6) is 0 Å². The first kappa shape index (κ1) is 21.7. The van der Waals surface area contributed by atoms with Gasteiger partial charge < -0.3 is 5.11 Å². The molecule has 0 aliphatic rings. The summed E-state index contributed by atoms with van der Waals surface area (Å²) in [6.07, 6.45) is 6.42. The van der Waals surface area contributed by atoms with Gasteiger partial charge in [0.25, 0.3) is 0 Å². The zero-order valence-electron chi connectivity index (χ0n) is 17.8. The van der Waals surface area contributed by atoms with Crippen molar-refractivity contribution in [3.63, 3.8) is 0 Å². The fourth-order valence-corrected chi connectivity index (χ4v) is 3.57. The zero-order valence-corrected chi connectivity index (χ0v) is 17.8. The zero-order chi connectivity index (χ0) is 23.2. The van der Waals surface area contributed by atoms with Crippen molar-refractivity contribution in [1.82, 2.24) is 14.8 Å². The Morgan fingerprint density at radius 1 is 0.939 bits per heavy atom. The second-order valence-corrected chi connectivity index (χ2v) is 7.46. The number of aromatic carboxylic acids is 1. The standard InChI is InChI=1S/C27H21N3O3/c1-2-3-13-24-28-26(25(31)21-9-5-4-6-10-21)29-30(24)18-19-14-16-20(17-15-19)22-11-7-8-12-23(22)27(32)33/h1,4-12,14-17H,3,13,18H2,(H,32,33). The minimum absolute atomic E-state index is 0.139. The maximum atomic E-state index is 12.8. The van der Waals surface area contributed by atoms with Crippen molar-refractivity contribution in [3.8, 4) is 23.5 Å². The molecule has 0 saturated heterocycles. The van der Waals surface area contributed by atoms with E-state index in [1.807, 2.05) is 36.4 Å². The van der Waals surface area contributed by atoms with Gasteiger partial charge in [0.2, 0.25) is 11.6 Å². The summed E-state index contributed by atoms with van der Waals surface area (Å²) in [7, 11) is 0. The largest absolute Gasteiger partial charge is 0.478 e. The molecule has 162 valence electrons. The third-order valence-electron chi connectivity index (χ3n) is 5.24. The van der Waals surface area contributed by atoms with E-state index in [1.54, 1.807) is 47.1 Å². The van der Waals surface area contributed by atoms with Gasteiger partial charge in [-0.15, -0.1) is 17.4 Å². The molecule has 0 radical (unpaired) electrons. The summed E-state index contributed by atoms with van der Waals surface area (Å²) in [6, 6.07) is 23.4. The highest BCUT2D eigenvalue weighted by Crippen LogP contribution is 2.24. The second kappa shape index (κ2) is 9.75. The Hall–Kier alpha value is -4.50. The molecule has 3 aromatic carbocycles. The van der Waals surface area contributed by atoms with Crippen LogP contribution in [0.4, 0.5) is 0 Å². The lowest BCUT2D eigenvalue weighted by Crippen LogP contribution is -2.08. The Kier molecular flexibility index (Phi) is 6.42. The number of nitrogens with zero attached hydrogens (tertiary/aromatic N) is 3. The molecule has 0 aliphatic carbocycles. The summed E-state index contributed by atoms with van der Waals surface area (Å²) >= 11 is 0. The molecule has 4 aromatic rings. The van der Waals surface area contributed by atoms with Crippen molar-refractivity contribution < 1.29 is 14.7 Å². The highest BCUT2D eigenvalue weighted by molar-refractivity contribution is 6.06. The normalized spacial score (nSPS) is 10.5. The smallest absolute Gasteiger partial charge is 0.336 e. The molecule has 0 saturated carbocycles. The van der Waals surface area contributed by atoms with Crippen LogP contribution in [-0.2, 0) is 13.0 Å². The van der Waals surface area contributed by atoms with Gasteiger partial charge >= 0.3 is 5.97 Å². The van der Waals surface area contributed by atoms with Crippen LogP contribution in [0.3, 0.4) is 0 Å². The monoisotopic (exact) mass is 435 g/mol. The van der Waals surface area contributed by atoms with Crippen molar-refractivity contribution in [2.45, 2.75) is 19.4 Å². The lowest BCUT2D eigenvalue weighted by molar-refractivity contribution is 0.0697. The average Bonchev–Trinajstić information content (AvgIpc) is 3.25. The number of hydrogen-bond acceptors (Lipinski definition) is 4. The van der Waals surface area contributed by atoms with Gasteiger partial charge in [0.1, 0.15) is 5.82 Å². The van der Waals surface area contributed by atoms with Gasteiger partial charge in [-0.2, -0.15) is 0 Å². The van der Waals surface area contributed by atoms with Crippen LogP contribution >= 0.6 is 0 Å². The molecular formula is C27H21N3O3. The van der Waals surface area contributed by atoms with Crippen LogP contribution in [0.15, 0.2) is 78.9 Å². The summed E-state index contributed by atoms with van der Waals surface area (Å²) < 4.78 is 1.70. The molecule has 0 amide bonds. The van der Waals surface area contributed by atoms with Gasteiger partial charge in [0.05, 0.1) is 12.1 Å². The SMILES string of the molecule is C#CCCc1nc(C(=O)c2ccccc2)nn1Cc1ccc(-c2ccccc2C(=O)O)cc1. The van der Waals surface area contributed by atoms with E-state index in [4.69, 9.17) is 6.42 Å². The molecule has 1 N–H and O–H groups in total. The molecule has 0 bridgehead atoms. The minimum Gasteiger partial charge on any atom is -0.478 e. The number of hydrogen-bond donors (Lipinski definition) is 1. The topological polar surface area (TPSA) is 85.1 Å². The molecule has 0 fully saturated rings. The average molecular weight is 435 g/mol. The molecule has 6 heteroatoms. The lowest BCUT2D eigenvalue weighted by Gasteiger charge is -2.09. The van der Waals surface area contributed by atoms with Crippen LogP contribution in [-0.4, -0.2) is 31.6 Å². The Labute approximate surface area is 191 Å². The van der Waals surface area contributed by atoms with E-state index in [-0.39, 0.29) is 17.2 Å². The quantitative estimate of drug-likeness (QED) is 0.326. The van der Waals surface area contributed by atoms with Crippen molar-refractivity contribution in [3.05, 3.63) is 107 Å². The first-order valence-electron chi connectivity index (χ1n) is 10.5. The molecule has 0 atom stereocenters. The number of benzene rings is 3. The van der Waals surface area contributed by atoms with Gasteiger partial charge in [-0.05, 0) is 22.8 Å². The summed E-state index contributed by atoms with van der Waals surface area (Å²) in [6.45, 7) is 0.413. The third-order valence-corrected chi connectivity index (χ3v) is 5.24. The van der Waals surface area contributed by atoms with Gasteiger partial charge in [0, 0.05) is 18.4 Å². The van der Waals surface area contributed by atoms with E-state index in [2.05, 4.69) is 16.0 Å². The summed E-state index contributed by atoms with van der Waals surface area (Å²) in [5.74, 6) is 2.18. The van der Waals surface area contributed by atoms with Crippen molar-refractivity contribution >= 4 is 11.8 Å². The van der Waals surface area contributed by atoms with Crippen LogP contribution in [0.1, 0.15) is 44.3 Å². The molecule has 0 spiro atoms. The molecule has 4 rings (SSSR count). The molecule has 33 heavy (non-hydrogen) atoms. The number of aryl methyl sites for hydroxylation is 1. The van der Waals surface area contributed by atoms with Crippen molar-refractivity contribution in [2.24, 2.45) is 0 Å². The number of carboxylic acids is 1. The lowest BCUT2D eigenvalue weighted by atomic mass is 9.99. The Morgan fingerprint density at radius 3 is 2.33 bits per heavy atom. The maximum absolute atomic E-state index is 12.8. The van der Waals surface area contributed by atoms with Crippen LogP contribution in [0.2, 0.25) is 0 Å². The number of terminal acetylenes is 1. The van der Waals surface area contributed by atoms with Gasteiger partial charge in [-0.25, -0.2) is 14.5 Å². The van der Waals surface area contributed by atoms with E-state index in [0.717, 1.165) is 11.1 Å².